The Morgan fingerprint density at radius 1 is 0.921 bits per heavy atom. The Labute approximate surface area is 221 Å². The summed E-state index contributed by atoms with van der Waals surface area (Å²) in [5.74, 6) is -1.34. The molecule has 38 heavy (non-hydrogen) atoms. The number of hydrogen-bond acceptors (Lipinski definition) is 3. The molecule has 0 saturated heterocycles. The van der Waals surface area contributed by atoms with Crippen molar-refractivity contribution in [3.63, 3.8) is 0 Å². The third kappa shape index (κ3) is 6.56. The number of amides is 2. The van der Waals surface area contributed by atoms with Crippen LogP contribution < -0.4 is 15.4 Å². The highest BCUT2D eigenvalue weighted by Gasteiger charge is 2.19. The smallest absolute Gasteiger partial charge is 0.336 e. The molecule has 4 aromatic carbocycles. The topological polar surface area (TPSA) is 87.7 Å². The molecule has 2 amide bonds. The van der Waals surface area contributed by atoms with E-state index in [4.69, 9.17) is 4.74 Å². The molecule has 4 rings (SSSR count). The quantitative estimate of drug-likeness (QED) is 0.212. The second kappa shape index (κ2) is 12.1. The van der Waals surface area contributed by atoms with Crippen molar-refractivity contribution in [2.75, 3.05) is 10.6 Å². The van der Waals surface area contributed by atoms with Crippen LogP contribution in [0.1, 0.15) is 47.4 Å². The van der Waals surface area contributed by atoms with Crippen LogP contribution in [0.15, 0.2) is 91.0 Å². The van der Waals surface area contributed by atoms with Crippen molar-refractivity contribution in [3.8, 4) is 16.9 Å². The van der Waals surface area contributed by atoms with E-state index in [0.717, 1.165) is 30.0 Å². The molecule has 0 aliphatic heterocycles. The van der Waals surface area contributed by atoms with Crippen molar-refractivity contribution in [3.05, 3.63) is 114 Å². The standard InChI is InChI=1S/C31H29FN2O4/c1-3-7-28(21-8-5-4-6-9-21)38-29-17-12-22(26-19-23(32)13-16-25(26)30(35)36)18-27(29)34-31(37)33-24-14-10-20(2)11-15-24/h4-6,8-19,28H,3,7H2,1-2H3,(H,35,36)(H2,33,34,37)/t28-/m0/s1. The first-order valence-corrected chi connectivity index (χ1v) is 12.4. The monoisotopic (exact) mass is 512 g/mol. The highest BCUT2D eigenvalue weighted by atomic mass is 19.1. The summed E-state index contributed by atoms with van der Waals surface area (Å²) >= 11 is 0. The summed E-state index contributed by atoms with van der Waals surface area (Å²) in [6, 6.07) is 25.1. The van der Waals surface area contributed by atoms with E-state index in [1.165, 1.54) is 12.1 Å². The molecule has 0 aliphatic carbocycles. The van der Waals surface area contributed by atoms with E-state index in [9.17, 15) is 19.1 Å². The molecule has 7 heteroatoms. The molecule has 0 radical (unpaired) electrons. The highest BCUT2D eigenvalue weighted by molar-refractivity contribution is 6.02. The Morgan fingerprint density at radius 3 is 2.34 bits per heavy atom. The van der Waals surface area contributed by atoms with E-state index in [2.05, 4.69) is 17.6 Å². The van der Waals surface area contributed by atoms with Gasteiger partial charge in [0.05, 0.1) is 11.3 Å². The van der Waals surface area contributed by atoms with E-state index >= 15 is 0 Å². The summed E-state index contributed by atoms with van der Waals surface area (Å²) in [5, 5.41) is 15.3. The predicted molar refractivity (Wildman–Crippen MR) is 147 cm³/mol. The van der Waals surface area contributed by atoms with Gasteiger partial charge in [-0.25, -0.2) is 14.0 Å². The van der Waals surface area contributed by atoms with E-state index in [1.807, 2.05) is 49.4 Å². The number of rotatable bonds is 9. The average Bonchev–Trinajstić information content (AvgIpc) is 2.91. The summed E-state index contributed by atoms with van der Waals surface area (Å²) in [6.45, 7) is 4.02. The van der Waals surface area contributed by atoms with Gasteiger partial charge in [-0.3, -0.25) is 0 Å². The molecule has 1 atom stereocenters. The number of halogens is 1. The van der Waals surface area contributed by atoms with Crippen LogP contribution in [0.4, 0.5) is 20.6 Å². The fraction of sp³-hybridized carbons (Fsp3) is 0.161. The number of urea groups is 1. The van der Waals surface area contributed by atoms with Crippen LogP contribution in [0.3, 0.4) is 0 Å². The van der Waals surface area contributed by atoms with Gasteiger partial charge in [-0.05, 0) is 72.5 Å². The molecule has 0 aromatic heterocycles. The number of hydrogen-bond donors (Lipinski definition) is 3. The number of carbonyl (C=O) groups is 2. The maximum absolute atomic E-state index is 14.1. The van der Waals surface area contributed by atoms with Gasteiger partial charge in [0.25, 0.3) is 0 Å². The Morgan fingerprint density at radius 2 is 1.66 bits per heavy atom. The summed E-state index contributed by atoms with van der Waals surface area (Å²) in [4.78, 5) is 24.8. The Hall–Kier alpha value is -4.65. The Kier molecular flexibility index (Phi) is 8.38. The fourth-order valence-corrected chi connectivity index (χ4v) is 4.14. The number of anilines is 2. The number of aryl methyl sites for hydroxylation is 1. The number of carbonyl (C=O) groups excluding carboxylic acids is 1. The van der Waals surface area contributed by atoms with Gasteiger partial charge in [-0.15, -0.1) is 0 Å². The summed E-state index contributed by atoms with van der Waals surface area (Å²) in [6.07, 6.45) is 1.35. The molecule has 0 unspecified atom stereocenters. The molecule has 0 fully saturated rings. The molecule has 0 bridgehead atoms. The van der Waals surface area contributed by atoms with Crippen molar-refractivity contribution in [1.29, 1.82) is 0 Å². The highest BCUT2D eigenvalue weighted by Crippen LogP contribution is 2.36. The first-order valence-electron chi connectivity index (χ1n) is 12.4. The van der Waals surface area contributed by atoms with Crippen molar-refractivity contribution in [2.24, 2.45) is 0 Å². The number of carboxylic acids is 1. The van der Waals surface area contributed by atoms with Crippen LogP contribution in [0.2, 0.25) is 0 Å². The SMILES string of the molecule is CCC[C@H](Oc1ccc(-c2cc(F)ccc2C(=O)O)cc1NC(=O)Nc1ccc(C)cc1)c1ccccc1. The number of nitrogens with one attached hydrogen (secondary N) is 2. The van der Waals surface area contributed by atoms with E-state index in [-0.39, 0.29) is 17.2 Å². The molecule has 0 heterocycles. The normalized spacial score (nSPS) is 11.4. The van der Waals surface area contributed by atoms with E-state index in [1.54, 1.807) is 30.3 Å². The number of benzene rings is 4. The second-order valence-corrected chi connectivity index (χ2v) is 8.96. The molecule has 4 aromatic rings. The van der Waals surface area contributed by atoms with Gasteiger partial charge in [0.2, 0.25) is 0 Å². The Bertz CT molecular complexity index is 1420. The largest absolute Gasteiger partial charge is 0.484 e. The van der Waals surface area contributed by atoms with Crippen LogP contribution in [-0.2, 0) is 0 Å². The number of carboxylic acid groups (broad SMARTS) is 1. The molecule has 0 spiro atoms. The third-order valence-electron chi connectivity index (χ3n) is 6.05. The zero-order valence-corrected chi connectivity index (χ0v) is 21.2. The fourth-order valence-electron chi connectivity index (χ4n) is 4.14. The van der Waals surface area contributed by atoms with Crippen molar-refractivity contribution in [2.45, 2.75) is 32.8 Å². The van der Waals surface area contributed by atoms with Gasteiger partial charge in [0.1, 0.15) is 17.7 Å². The van der Waals surface area contributed by atoms with Gasteiger partial charge >= 0.3 is 12.0 Å². The lowest BCUT2D eigenvalue weighted by molar-refractivity contribution is 0.0697. The van der Waals surface area contributed by atoms with Crippen molar-refractivity contribution >= 4 is 23.4 Å². The van der Waals surface area contributed by atoms with Crippen molar-refractivity contribution in [1.82, 2.24) is 0 Å². The zero-order valence-electron chi connectivity index (χ0n) is 21.2. The minimum atomic E-state index is -1.18. The summed E-state index contributed by atoms with van der Waals surface area (Å²) < 4.78 is 20.5. The van der Waals surface area contributed by atoms with E-state index < -0.39 is 17.8 Å². The van der Waals surface area contributed by atoms with Crippen LogP contribution in [-0.4, -0.2) is 17.1 Å². The minimum Gasteiger partial charge on any atom is -0.484 e. The molecule has 6 nitrogen and oxygen atoms in total. The van der Waals surface area contributed by atoms with Gasteiger partial charge < -0.3 is 20.5 Å². The van der Waals surface area contributed by atoms with Gasteiger partial charge in [0.15, 0.2) is 0 Å². The third-order valence-corrected chi connectivity index (χ3v) is 6.05. The number of ether oxygens (including phenoxy) is 1. The molecular formula is C31H29FN2O4. The zero-order chi connectivity index (χ0) is 27.1. The minimum absolute atomic E-state index is 0.0525. The summed E-state index contributed by atoms with van der Waals surface area (Å²) in [7, 11) is 0. The van der Waals surface area contributed by atoms with Crippen LogP contribution >= 0.6 is 0 Å². The average molecular weight is 513 g/mol. The maximum atomic E-state index is 14.1. The molecule has 0 aliphatic rings. The Balaban J connectivity index is 1.72. The van der Waals surface area contributed by atoms with E-state index in [0.29, 0.717) is 22.7 Å². The van der Waals surface area contributed by atoms with Gasteiger partial charge in [-0.1, -0.05) is 67.4 Å². The first kappa shape index (κ1) is 26.4. The lowest BCUT2D eigenvalue weighted by Gasteiger charge is -2.22. The van der Waals surface area contributed by atoms with Crippen LogP contribution in [0.5, 0.6) is 5.75 Å². The molecule has 194 valence electrons. The number of aromatic carboxylic acids is 1. The molecule has 3 N–H and O–H groups in total. The maximum Gasteiger partial charge on any atom is 0.336 e. The lowest BCUT2D eigenvalue weighted by Crippen LogP contribution is -2.20. The van der Waals surface area contributed by atoms with Gasteiger partial charge in [-0.2, -0.15) is 0 Å². The second-order valence-electron chi connectivity index (χ2n) is 8.96. The lowest BCUT2D eigenvalue weighted by atomic mass is 9.98. The van der Waals surface area contributed by atoms with Crippen molar-refractivity contribution < 1.29 is 23.8 Å². The van der Waals surface area contributed by atoms with Gasteiger partial charge in [0, 0.05) is 5.69 Å². The predicted octanol–water partition coefficient (Wildman–Crippen LogP) is 8.06. The van der Waals surface area contributed by atoms with Crippen LogP contribution in [0.25, 0.3) is 11.1 Å². The summed E-state index contributed by atoms with van der Waals surface area (Å²) in [5.41, 5.74) is 3.55. The first-order chi connectivity index (χ1) is 18.3. The molecular weight excluding hydrogens is 483 g/mol. The molecule has 0 saturated carbocycles. The van der Waals surface area contributed by atoms with Crippen LogP contribution in [0, 0.1) is 12.7 Å².